The van der Waals surface area contributed by atoms with Crippen molar-refractivity contribution >= 4 is 5.69 Å². The average molecular weight is 222 g/mol. The number of anilines is 1. The number of benzene rings is 1. The Balaban J connectivity index is 1.96. The molecule has 0 unspecified atom stereocenters. The maximum Gasteiger partial charge on any atom is 0.146 e. The monoisotopic (exact) mass is 222 g/mol. The zero-order chi connectivity index (χ0) is 11.4. The van der Waals surface area contributed by atoms with Gasteiger partial charge in [0.25, 0.3) is 0 Å². The molecule has 0 amide bonds. The number of para-hydroxylation sites is 1. The summed E-state index contributed by atoms with van der Waals surface area (Å²) in [5.41, 5.74) is 0.709. The number of halogens is 1. The van der Waals surface area contributed by atoms with E-state index in [1.165, 1.54) is 18.9 Å². The van der Waals surface area contributed by atoms with Crippen molar-refractivity contribution in [3.05, 3.63) is 30.1 Å². The van der Waals surface area contributed by atoms with Crippen LogP contribution in [0.4, 0.5) is 10.1 Å². The average Bonchev–Trinajstić information content (AvgIpc) is 2.31. The van der Waals surface area contributed by atoms with E-state index in [4.69, 9.17) is 0 Å². The molecular formula is C13H19FN2. The number of piperidine rings is 1. The molecule has 3 heteroatoms. The molecule has 0 spiro atoms. The highest BCUT2D eigenvalue weighted by Crippen LogP contribution is 2.20. The molecule has 0 radical (unpaired) electrons. The minimum absolute atomic E-state index is 0.126. The minimum atomic E-state index is -0.126. The zero-order valence-electron chi connectivity index (χ0n) is 9.75. The van der Waals surface area contributed by atoms with Gasteiger partial charge in [0.15, 0.2) is 0 Å². The van der Waals surface area contributed by atoms with Crippen LogP contribution in [0.25, 0.3) is 0 Å². The number of rotatable bonds is 3. The van der Waals surface area contributed by atoms with Crippen LogP contribution in [0, 0.1) is 11.7 Å². The molecule has 0 bridgehead atoms. The molecule has 0 saturated carbocycles. The SMILES string of the molecule is CN(CC1CCNCC1)c1ccccc1F. The first-order valence-corrected chi connectivity index (χ1v) is 5.94. The summed E-state index contributed by atoms with van der Waals surface area (Å²) in [6, 6.07) is 6.99. The van der Waals surface area contributed by atoms with Crippen molar-refractivity contribution in [1.82, 2.24) is 5.32 Å². The van der Waals surface area contributed by atoms with Gasteiger partial charge in [-0.3, -0.25) is 0 Å². The zero-order valence-corrected chi connectivity index (χ0v) is 9.75. The lowest BCUT2D eigenvalue weighted by Gasteiger charge is -2.29. The highest BCUT2D eigenvalue weighted by molar-refractivity contribution is 5.46. The molecule has 1 aliphatic heterocycles. The van der Waals surface area contributed by atoms with Crippen LogP contribution in [0.3, 0.4) is 0 Å². The lowest BCUT2D eigenvalue weighted by Crippen LogP contribution is -2.34. The third kappa shape index (κ3) is 2.73. The Morgan fingerprint density at radius 3 is 2.69 bits per heavy atom. The Bertz CT molecular complexity index is 334. The summed E-state index contributed by atoms with van der Waals surface area (Å²) in [6.07, 6.45) is 2.39. The van der Waals surface area contributed by atoms with Crippen LogP contribution in [0.15, 0.2) is 24.3 Å². The quantitative estimate of drug-likeness (QED) is 0.844. The highest BCUT2D eigenvalue weighted by Gasteiger charge is 2.16. The molecule has 0 atom stereocenters. The molecule has 88 valence electrons. The summed E-state index contributed by atoms with van der Waals surface area (Å²) >= 11 is 0. The first-order chi connectivity index (χ1) is 7.77. The smallest absolute Gasteiger partial charge is 0.146 e. The van der Waals surface area contributed by atoms with Gasteiger partial charge in [-0.2, -0.15) is 0 Å². The van der Waals surface area contributed by atoms with Crippen molar-refractivity contribution in [2.45, 2.75) is 12.8 Å². The predicted octanol–water partition coefficient (Wildman–Crippen LogP) is 2.26. The summed E-state index contributed by atoms with van der Waals surface area (Å²) in [4.78, 5) is 2.03. The van der Waals surface area contributed by atoms with Crippen LogP contribution < -0.4 is 10.2 Å². The van der Waals surface area contributed by atoms with Gasteiger partial charge in [0.1, 0.15) is 5.82 Å². The van der Waals surface area contributed by atoms with Crippen molar-refractivity contribution in [1.29, 1.82) is 0 Å². The second kappa shape index (κ2) is 5.30. The van der Waals surface area contributed by atoms with E-state index in [9.17, 15) is 4.39 Å². The second-order valence-electron chi connectivity index (χ2n) is 4.53. The topological polar surface area (TPSA) is 15.3 Å². The van der Waals surface area contributed by atoms with Crippen LogP contribution in [-0.4, -0.2) is 26.7 Å². The minimum Gasteiger partial charge on any atom is -0.372 e. The first kappa shape index (κ1) is 11.4. The lowest BCUT2D eigenvalue weighted by molar-refractivity contribution is 0.377. The Labute approximate surface area is 96.5 Å². The fourth-order valence-electron chi connectivity index (χ4n) is 2.31. The highest BCUT2D eigenvalue weighted by atomic mass is 19.1. The van der Waals surface area contributed by atoms with Gasteiger partial charge < -0.3 is 10.2 Å². The summed E-state index contributed by atoms with van der Waals surface area (Å²) in [5.74, 6) is 0.560. The molecule has 0 aliphatic carbocycles. The molecule has 1 aromatic carbocycles. The number of hydrogen-bond donors (Lipinski definition) is 1. The summed E-state index contributed by atoms with van der Waals surface area (Å²) < 4.78 is 13.5. The van der Waals surface area contributed by atoms with Crippen molar-refractivity contribution in [3.63, 3.8) is 0 Å². The molecule has 1 N–H and O–H groups in total. The van der Waals surface area contributed by atoms with E-state index >= 15 is 0 Å². The maximum atomic E-state index is 13.5. The molecule has 0 aromatic heterocycles. The van der Waals surface area contributed by atoms with Crippen molar-refractivity contribution in [2.24, 2.45) is 5.92 Å². The summed E-state index contributed by atoms with van der Waals surface area (Å²) in [5, 5.41) is 3.35. The van der Waals surface area contributed by atoms with Crippen LogP contribution >= 0.6 is 0 Å². The van der Waals surface area contributed by atoms with Gasteiger partial charge in [0, 0.05) is 13.6 Å². The second-order valence-corrected chi connectivity index (χ2v) is 4.53. The molecule has 1 aromatic rings. The van der Waals surface area contributed by atoms with E-state index in [-0.39, 0.29) is 5.82 Å². The Hall–Kier alpha value is -1.09. The third-order valence-corrected chi connectivity index (χ3v) is 3.25. The standard InChI is InChI=1S/C13H19FN2/c1-16(10-11-6-8-15-9-7-11)13-5-3-2-4-12(13)14/h2-5,11,15H,6-10H2,1H3. The molecule has 1 fully saturated rings. The first-order valence-electron chi connectivity index (χ1n) is 5.94. The Morgan fingerprint density at radius 1 is 1.31 bits per heavy atom. The van der Waals surface area contributed by atoms with Crippen LogP contribution in [0.5, 0.6) is 0 Å². The van der Waals surface area contributed by atoms with E-state index in [0.29, 0.717) is 11.6 Å². The molecule has 1 aliphatic rings. The van der Waals surface area contributed by atoms with Crippen molar-refractivity contribution in [3.8, 4) is 0 Å². The maximum absolute atomic E-state index is 13.5. The van der Waals surface area contributed by atoms with Gasteiger partial charge in [0.2, 0.25) is 0 Å². The van der Waals surface area contributed by atoms with Crippen LogP contribution in [0.1, 0.15) is 12.8 Å². The van der Waals surface area contributed by atoms with E-state index in [1.807, 2.05) is 24.1 Å². The molecular weight excluding hydrogens is 203 g/mol. The van der Waals surface area contributed by atoms with Gasteiger partial charge >= 0.3 is 0 Å². The van der Waals surface area contributed by atoms with Crippen molar-refractivity contribution < 1.29 is 4.39 Å². The molecule has 1 heterocycles. The third-order valence-electron chi connectivity index (χ3n) is 3.25. The van der Waals surface area contributed by atoms with Crippen LogP contribution in [-0.2, 0) is 0 Å². The van der Waals surface area contributed by atoms with Gasteiger partial charge in [0.05, 0.1) is 5.69 Å². The number of nitrogens with zero attached hydrogens (tertiary/aromatic N) is 1. The van der Waals surface area contributed by atoms with Gasteiger partial charge in [-0.05, 0) is 44.0 Å². The van der Waals surface area contributed by atoms with Gasteiger partial charge in [-0.25, -0.2) is 4.39 Å². The summed E-state index contributed by atoms with van der Waals surface area (Å²) in [7, 11) is 1.97. The van der Waals surface area contributed by atoms with Gasteiger partial charge in [-0.15, -0.1) is 0 Å². The predicted molar refractivity (Wildman–Crippen MR) is 65.3 cm³/mol. The fourth-order valence-corrected chi connectivity index (χ4v) is 2.31. The number of hydrogen-bond acceptors (Lipinski definition) is 2. The van der Waals surface area contributed by atoms with Crippen molar-refractivity contribution in [2.75, 3.05) is 31.6 Å². The van der Waals surface area contributed by atoms with E-state index in [1.54, 1.807) is 6.07 Å². The van der Waals surface area contributed by atoms with E-state index in [2.05, 4.69) is 5.32 Å². The fraction of sp³-hybridized carbons (Fsp3) is 0.538. The summed E-state index contributed by atoms with van der Waals surface area (Å²) in [6.45, 7) is 3.13. The normalized spacial score (nSPS) is 17.4. The van der Waals surface area contributed by atoms with Crippen LogP contribution in [0.2, 0.25) is 0 Å². The Kier molecular flexibility index (Phi) is 3.78. The molecule has 2 nitrogen and oxygen atoms in total. The lowest BCUT2D eigenvalue weighted by atomic mass is 9.97. The molecule has 16 heavy (non-hydrogen) atoms. The van der Waals surface area contributed by atoms with Gasteiger partial charge in [-0.1, -0.05) is 12.1 Å². The largest absolute Gasteiger partial charge is 0.372 e. The molecule has 2 rings (SSSR count). The molecule has 1 saturated heterocycles. The van der Waals surface area contributed by atoms with E-state index < -0.39 is 0 Å². The Morgan fingerprint density at radius 2 is 2.00 bits per heavy atom. The number of nitrogens with one attached hydrogen (secondary N) is 1. The van der Waals surface area contributed by atoms with E-state index in [0.717, 1.165) is 19.6 Å².